The Hall–Kier alpha value is -1.55. The second-order valence-electron chi connectivity index (χ2n) is 5.30. The van der Waals surface area contributed by atoms with Gasteiger partial charge in [0.1, 0.15) is 5.75 Å². The van der Waals surface area contributed by atoms with Crippen LogP contribution in [0.4, 0.5) is 0 Å². The van der Waals surface area contributed by atoms with E-state index in [4.69, 9.17) is 9.47 Å². The van der Waals surface area contributed by atoms with E-state index >= 15 is 0 Å². The third-order valence-corrected chi connectivity index (χ3v) is 3.33. The lowest BCUT2D eigenvalue weighted by Crippen LogP contribution is -2.59. The molecule has 2 atom stereocenters. The van der Waals surface area contributed by atoms with Crippen molar-refractivity contribution >= 4 is 5.97 Å². The zero-order valence-electron chi connectivity index (χ0n) is 13.0. The zero-order valence-corrected chi connectivity index (χ0v) is 13.0. The first-order chi connectivity index (χ1) is 9.32. The van der Waals surface area contributed by atoms with Gasteiger partial charge in [-0.1, -0.05) is 32.0 Å². The van der Waals surface area contributed by atoms with Crippen LogP contribution in [-0.2, 0) is 9.53 Å². The zero-order chi connectivity index (χ0) is 15.2. The Labute approximate surface area is 121 Å². The van der Waals surface area contributed by atoms with Gasteiger partial charge >= 0.3 is 5.97 Å². The predicted molar refractivity (Wildman–Crippen MR) is 79.4 cm³/mol. The molecule has 0 aliphatic heterocycles. The first-order valence-corrected chi connectivity index (χ1v) is 7.05. The van der Waals surface area contributed by atoms with Crippen molar-refractivity contribution in [3.05, 3.63) is 30.3 Å². The molecular weight excluding hydrogens is 254 g/mol. The molecular formula is C16H25NO3. The van der Waals surface area contributed by atoms with E-state index in [0.717, 1.165) is 12.2 Å². The van der Waals surface area contributed by atoms with E-state index < -0.39 is 11.4 Å². The van der Waals surface area contributed by atoms with Gasteiger partial charge in [-0.25, -0.2) is 5.32 Å². The lowest BCUT2D eigenvalue weighted by atomic mass is 10.1. The van der Waals surface area contributed by atoms with Gasteiger partial charge in [0.2, 0.25) is 0 Å². The number of hydrogen-bond donors (Lipinski definition) is 1. The van der Waals surface area contributed by atoms with Gasteiger partial charge in [-0.3, -0.25) is 4.79 Å². The van der Waals surface area contributed by atoms with Crippen LogP contribution in [0.3, 0.4) is 0 Å². The van der Waals surface area contributed by atoms with E-state index in [1.54, 1.807) is 0 Å². The fourth-order valence-corrected chi connectivity index (χ4v) is 2.00. The Morgan fingerprint density at radius 3 is 2.10 bits per heavy atom. The summed E-state index contributed by atoms with van der Waals surface area (Å²) in [6, 6.07) is 9.61. The van der Waals surface area contributed by atoms with E-state index in [2.05, 4.69) is 5.32 Å². The molecule has 4 heteroatoms. The number of nitrogens with one attached hydrogen (secondary N) is 1. The van der Waals surface area contributed by atoms with Crippen LogP contribution in [0.5, 0.6) is 5.75 Å². The number of hydrogen-bond acceptors (Lipinski definition) is 4. The first kappa shape index (κ1) is 16.5. The lowest BCUT2D eigenvalue weighted by Gasteiger charge is -2.39. The molecule has 0 radical (unpaired) electrons. The van der Waals surface area contributed by atoms with E-state index in [-0.39, 0.29) is 5.97 Å². The smallest absolute Gasteiger partial charge is 0.304 e. The third kappa shape index (κ3) is 4.85. The molecule has 2 unspecified atom stereocenters. The fraction of sp³-hybridized carbons (Fsp3) is 0.562. The summed E-state index contributed by atoms with van der Waals surface area (Å²) in [7, 11) is 0. The van der Waals surface area contributed by atoms with Crippen LogP contribution in [0.25, 0.3) is 0 Å². The molecule has 1 N–H and O–H groups in total. The van der Waals surface area contributed by atoms with Crippen LogP contribution >= 0.6 is 0 Å². The molecule has 0 aromatic heterocycles. The maximum absolute atomic E-state index is 11.2. The van der Waals surface area contributed by atoms with Gasteiger partial charge in [0.25, 0.3) is 0 Å². The van der Waals surface area contributed by atoms with E-state index in [0.29, 0.717) is 6.42 Å². The van der Waals surface area contributed by atoms with Crippen molar-refractivity contribution < 1.29 is 14.3 Å². The molecule has 0 spiro atoms. The van der Waals surface area contributed by atoms with Crippen molar-refractivity contribution in [2.45, 2.75) is 58.9 Å². The maximum atomic E-state index is 11.2. The highest BCUT2D eigenvalue weighted by Crippen LogP contribution is 2.23. The number of para-hydroxylation sites is 1. The summed E-state index contributed by atoms with van der Waals surface area (Å²) in [6.45, 7) is 9.22. The summed E-state index contributed by atoms with van der Waals surface area (Å²) < 4.78 is 11.4. The monoisotopic (exact) mass is 279 g/mol. The molecule has 20 heavy (non-hydrogen) atoms. The molecule has 112 valence electrons. The second kappa shape index (κ2) is 6.75. The minimum atomic E-state index is -0.745. The molecule has 0 saturated carbocycles. The van der Waals surface area contributed by atoms with Gasteiger partial charge in [0, 0.05) is 6.92 Å². The maximum Gasteiger partial charge on any atom is 0.304 e. The van der Waals surface area contributed by atoms with E-state index in [9.17, 15) is 4.79 Å². The number of esters is 1. The summed E-state index contributed by atoms with van der Waals surface area (Å²) in [5.74, 6) is 0.477. The molecule has 1 aromatic rings. The van der Waals surface area contributed by atoms with Crippen molar-refractivity contribution in [3.8, 4) is 5.75 Å². The first-order valence-electron chi connectivity index (χ1n) is 7.05. The standard InChI is InChI=1S/C16H25NO3/c1-6-15(4,19-13(3)18)17-16(5,7-2)20-14-11-9-8-10-12-14/h8-12,17H,6-7H2,1-5H3. The third-order valence-electron chi connectivity index (χ3n) is 3.33. The van der Waals surface area contributed by atoms with Crippen LogP contribution in [0.15, 0.2) is 30.3 Å². The number of benzene rings is 1. The van der Waals surface area contributed by atoms with E-state index in [1.165, 1.54) is 6.92 Å². The summed E-state index contributed by atoms with van der Waals surface area (Å²) in [4.78, 5) is 11.2. The lowest BCUT2D eigenvalue weighted by molar-refractivity contribution is -0.167. The molecule has 0 fully saturated rings. The Kier molecular flexibility index (Phi) is 5.57. The highest BCUT2D eigenvalue weighted by atomic mass is 16.6. The fourth-order valence-electron chi connectivity index (χ4n) is 2.00. The van der Waals surface area contributed by atoms with Crippen LogP contribution in [0.2, 0.25) is 0 Å². The molecule has 0 bridgehead atoms. The molecule has 0 aliphatic carbocycles. The average Bonchev–Trinajstić information content (AvgIpc) is 2.38. The van der Waals surface area contributed by atoms with Crippen molar-refractivity contribution in [3.63, 3.8) is 0 Å². The summed E-state index contributed by atoms with van der Waals surface area (Å²) in [5.41, 5.74) is -1.35. The Morgan fingerprint density at radius 1 is 1.10 bits per heavy atom. The highest BCUT2D eigenvalue weighted by Gasteiger charge is 2.36. The highest BCUT2D eigenvalue weighted by molar-refractivity contribution is 5.66. The summed E-state index contributed by atoms with van der Waals surface area (Å²) in [6.07, 6.45) is 1.39. The average molecular weight is 279 g/mol. The summed E-state index contributed by atoms with van der Waals surface area (Å²) in [5, 5.41) is 3.32. The van der Waals surface area contributed by atoms with Crippen LogP contribution in [-0.4, -0.2) is 17.4 Å². The molecule has 1 rings (SSSR count). The van der Waals surface area contributed by atoms with Crippen LogP contribution < -0.4 is 10.1 Å². The Bertz CT molecular complexity index is 435. The Balaban J connectivity index is 2.85. The van der Waals surface area contributed by atoms with Crippen molar-refractivity contribution in [2.24, 2.45) is 0 Å². The largest absolute Gasteiger partial charge is 0.473 e. The molecule has 0 aliphatic rings. The second-order valence-corrected chi connectivity index (χ2v) is 5.30. The van der Waals surface area contributed by atoms with Gasteiger partial charge in [0.05, 0.1) is 0 Å². The van der Waals surface area contributed by atoms with Crippen LogP contribution in [0.1, 0.15) is 47.5 Å². The molecule has 1 aromatic carbocycles. The molecule has 4 nitrogen and oxygen atoms in total. The minimum Gasteiger partial charge on any atom is -0.473 e. The quantitative estimate of drug-likeness (QED) is 0.613. The summed E-state index contributed by atoms with van der Waals surface area (Å²) >= 11 is 0. The molecule has 0 saturated heterocycles. The van der Waals surface area contributed by atoms with Crippen molar-refractivity contribution in [2.75, 3.05) is 0 Å². The van der Waals surface area contributed by atoms with E-state index in [1.807, 2.05) is 58.0 Å². The predicted octanol–water partition coefficient (Wildman–Crippen LogP) is 3.47. The van der Waals surface area contributed by atoms with Gasteiger partial charge in [-0.15, -0.1) is 0 Å². The van der Waals surface area contributed by atoms with Gasteiger partial charge in [0.15, 0.2) is 11.4 Å². The SMILES string of the molecule is CCC(C)(NC(C)(CC)Oc1ccccc1)OC(C)=O. The van der Waals surface area contributed by atoms with Gasteiger partial charge < -0.3 is 9.47 Å². The minimum absolute atomic E-state index is 0.306. The van der Waals surface area contributed by atoms with Crippen molar-refractivity contribution in [1.82, 2.24) is 5.32 Å². The number of carbonyl (C=O) groups is 1. The van der Waals surface area contributed by atoms with Crippen molar-refractivity contribution in [1.29, 1.82) is 0 Å². The number of rotatable bonds is 7. The topological polar surface area (TPSA) is 47.6 Å². The molecule has 0 heterocycles. The van der Waals surface area contributed by atoms with Gasteiger partial charge in [-0.2, -0.15) is 0 Å². The molecule has 0 amide bonds. The number of carbonyl (C=O) groups excluding carboxylic acids is 1. The van der Waals surface area contributed by atoms with Gasteiger partial charge in [-0.05, 0) is 38.8 Å². The Morgan fingerprint density at radius 2 is 1.65 bits per heavy atom. The van der Waals surface area contributed by atoms with Crippen LogP contribution in [0, 0.1) is 0 Å². The normalized spacial score (nSPS) is 16.9. The number of ether oxygens (including phenoxy) is 2.